The van der Waals surface area contributed by atoms with E-state index in [-0.39, 0.29) is 6.61 Å². The van der Waals surface area contributed by atoms with Gasteiger partial charge in [-0.05, 0) is 46.6 Å². The van der Waals surface area contributed by atoms with Crippen LogP contribution in [0.2, 0.25) is 0 Å². The molecule has 0 unspecified atom stereocenters. The Hall–Kier alpha value is -2.21. The zero-order chi connectivity index (χ0) is 15.9. The predicted molar refractivity (Wildman–Crippen MR) is 86.5 cm³/mol. The standard InChI is InChI=1S/C16H14BrFN2O2/c1-11-6-7-15(13(17)8-11)22-10-16(21)20-19-9-12-4-2-3-5-14(12)18/h2-9H,10H2,1H3,(H,20,21). The lowest BCUT2D eigenvalue weighted by molar-refractivity contribution is -0.123. The monoisotopic (exact) mass is 364 g/mol. The summed E-state index contributed by atoms with van der Waals surface area (Å²) >= 11 is 3.36. The normalized spacial score (nSPS) is 10.7. The summed E-state index contributed by atoms with van der Waals surface area (Å²) in [5, 5.41) is 3.69. The number of nitrogens with one attached hydrogen (secondary N) is 1. The topological polar surface area (TPSA) is 50.7 Å². The van der Waals surface area contributed by atoms with Crippen LogP contribution in [0.3, 0.4) is 0 Å². The molecule has 0 aromatic heterocycles. The van der Waals surface area contributed by atoms with Gasteiger partial charge in [0.25, 0.3) is 5.91 Å². The lowest BCUT2D eigenvalue weighted by Gasteiger charge is -2.07. The molecule has 2 aromatic carbocycles. The van der Waals surface area contributed by atoms with Crippen molar-refractivity contribution in [3.63, 3.8) is 0 Å². The van der Waals surface area contributed by atoms with Gasteiger partial charge in [-0.25, -0.2) is 9.82 Å². The average molecular weight is 365 g/mol. The van der Waals surface area contributed by atoms with E-state index in [9.17, 15) is 9.18 Å². The number of hydrogen-bond donors (Lipinski definition) is 1. The molecule has 0 heterocycles. The fourth-order valence-electron chi connectivity index (χ4n) is 1.65. The summed E-state index contributed by atoms with van der Waals surface area (Å²) in [5.74, 6) is -0.265. The Kier molecular flexibility index (Phi) is 5.66. The molecule has 0 aliphatic rings. The van der Waals surface area contributed by atoms with Crippen LogP contribution < -0.4 is 10.2 Å². The van der Waals surface area contributed by atoms with Crippen LogP contribution in [0, 0.1) is 12.7 Å². The molecule has 22 heavy (non-hydrogen) atoms. The van der Waals surface area contributed by atoms with Gasteiger partial charge in [-0.3, -0.25) is 4.79 Å². The summed E-state index contributed by atoms with van der Waals surface area (Å²) in [6.07, 6.45) is 1.25. The second kappa shape index (κ2) is 7.70. The number of carbonyl (C=O) groups excluding carboxylic acids is 1. The maximum atomic E-state index is 13.3. The van der Waals surface area contributed by atoms with E-state index in [1.54, 1.807) is 24.3 Å². The van der Waals surface area contributed by atoms with Crippen LogP contribution in [0.4, 0.5) is 4.39 Å². The molecular weight excluding hydrogens is 351 g/mol. The van der Waals surface area contributed by atoms with Gasteiger partial charge in [0.15, 0.2) is 6.61 Å². The molecule has 2 rings (SSSR count). The number of hydrazone groups is 1. The molecule has 0 fully saturated rings. The van der Waals surface area contributed by atoms with Crippen molar-refractivity contribution in [2.24, 2.45) is 5.10 Å². The van der Waals surface area contributed by atoms with Gasteiger partial charge >= 0.3 is 0 Å². The Morgan fingerprint density at radius 2 is 2.14 bits per heavy atom. The number of benzene rings is 2. The van der Waals surface area contributed by atoms with Crippen LogP contribution in [0.1, 0.15) is 11.1 Å². The SMILES string of the molecule is Cc1ccc(OCC(=O)NN=Cc2ccccc2F)c(Br)c1. The summed E-state index contributed by atoms with van der Waals surface area (Å²) in [5.41, 5.74) is 3.66. The van der Waals surface area contributed by atoms with Crippen molar-refractivity contribution in [2.45, 2.75) is 6.92 Å². The zero-order valence-electron chi connectivity index (χ0n) is 11.8. The molecular formula is C16H14BrFN2O2. The van der Waals surface area contributed by atoms with E-state index < -0.39 is 11.7 Å². The molecule has 2 aromatic rings. The minimum atomic E-state index is -0.430. The summed E-state index contributed by atoms with van der Waals surface area (Å²) < 4.78 is 19.5. The van der Waals surface area contributed by atoms with Gasteiger partial charge in [0, 0.05) is 5.56 Å². The highest BCUT2D eigenvalue weighted by Gasteiger charge is 2.05. The third kappa shape index (κ3) is 4.66. The molecule has 4 nitrogen and oxygen atoms in total. The number of hydrogen-bond acceptors (Lipinski definition) is 3. The van der Waals surface area contributed by atoms with Crippen LogP contribution in [-0.2, 0) is 4.79 Å². The molecule has 0 saturated carbocycles. The van der Waals surface area contributed by atoms with E-state index in [1.807, 2.05) is 19.1 Å². The molecule has 1 amide bonds. The van der Waals surface area contributed by atoms with Gasteiger partial charge in [0.2, 0.25) is 0 Å². The molecule has 0 saturated heterocycles. The fourth-order valence-corrected chi connectivity index (χ4v) is 2.26. The van der Waals surface area contributed by atoms with Crippen molar-refractivity contribution in [1.29, 1.82) is 0 Å². The van der Waals surface area contributed by atoms with Gasteiger partial charge in [0.05, 0.1) is 10.7 Å². The maximum Gasteiger partial charge on any atom is 0.277 e. The summed E-state index contributed by atoms with van der Waals surface area (Å²) in [7, 11) is 0. The van der Waals surface area contributed by atoms with Gasteiger partial charge in [-0.15, -0.1) is 0 Å². The van der Waals surface area contributed by atoms with Crippen molar-refractivity contribution in [3.8, 4) is 5.75 Å². The number of ether oxygens (including phenoxy) is 1. The summed E-state index contributed by atoms with van der Waals surface area (Å²) in [6.45, 7) is 1.77. The summed E-state index contributed by atoms with van der Waals surface area (Å²) in [4.78, 5) is 11.6. The van der Waals surface area contributed by atoms with Gasteiger partial charge in [-0.1, -0.05) is 24.3 Å². The van der Waals surface area contributed by atoms with E-state index in [0.29, 0.717) is 11.3 Å². The first-order chi connectivity index (χ1) is 10.6. The van der Waals surface area contributed by atoms with Crippen LogP contribution in [0.15, 0.2) is 52.0 Å². The van der Waals surface area contributed by atoms with E-state index >= 15 is 0 Å². The van der Waals surface area contributed by atoms with E-state index in [4.69, 9.17) is 4.74 Å². The van der Waals surface area contributed by atoms with Crippen LogP contribution in [-0.4, -0.2) is 18.7 Å². The van der Waals surface area contributed by atoms with Crippen molar-refractivity contribution in [1.82, 2.24) is 5.43 Å². The van der Waals surface area contributed by atoms with Crippen molar-refractivity contribution < 1.29 is 13.9 Å². The van der Waals surface area contributed by atoms with Gasteiger partial charge in [0.1, 0.15) is 11.6 Å². The first-order valence-electron chi connectivity index (χ1n) is 6.51. The van der Waals surface area contributed by atoms with Crippen molar-refractivity contribution in [2.75, 3.05) is 6.61 Å². The molecule has 6 heteroatoms. The molecule has 0 aliphatic carbocycles. The highest BCUT2D eigenvalue weighted by Crippen LogP contribution is 2.25. The van der Waals surface area contributed by atoms with E-state index in [0.717, 1.165) is 10.0 Å². The van der Waals surface area contributed by atoms with Gasteiger partial charge < -0.3 is 4.74 Å². The van der Waals surface area contributed by atoms with Crippen LogP contribution >= 0.6 is 15.9 Å². The van der Waals surface area contributed by atoms with Crippen LogP contribution in [0.5, 0.6) is 5.75 Å². The molecule has 0 atom stereocenters. The fraction of sp³-hybridized carbons (Fsp3) is 0.125. The number of halogens is 2. The largest absolute Gasteiger partial charge is 0.483 e. The van der Waals surface area contributed by atoms with E-state index in [2.05, 4.69) is 26.5 Å². The minimum absolute atomic E-state index is 0.184. The molecule has 0 radical (unpaired) electrons. The third-order valence-corrected chi connectivity index (χ3v) is 3.36. The highest BCUT2D eigenvalue weighted by molar-refractivity contribution is 9.10. The number of rotatable bonds is 5. The number of nitrogens with zero attached hydrogens (tertiary/aromatic N) is 1. The number of aryl methyl sites for hydroxylation is 1. The summed E-state index contributed by atoms with van der Waals surface area (Å²) in [6, 6.07) is 11.7. The van der Waals surface area contributed by atoms with E-state index in [1.165, 1.54) is 12.3 Å². The first kappa shape index (κ1) is 16.2. The van der Waals surface area contributed by atoms with Crippen molar-refractivity contribution in [3.05, 3.63) is 63.9 Å². The predicted octanol–water partition coefficient (Wildman–Crippen LogP) is 3.43. The smallest absolute Gasteiger partial charge is 0.277 e. The minimum Gasteiger partial charge on any atom is -0.483 e. The van der Waals surface area contributed by atoms with Crippen LogP contribution in [0.25, 0.3) is 0 Å². The molecule has 114 valence electrons. The molecule has 1 N–H and O–H groups in total. The molecule has 0 spiro atoms. The van der Waals surface area contributed by atoms with Crippen molar-refractivity contribution >= 4 is 28.1 Å². The Morgan fingerprint density at radius 3 is 2.86 bits per heavy atom. The number of amides is 1. The highest BCUT2D eigenvalue weighted by atomic mass is 79.9. The molecule has 0 bridgehead atoms. The lowest BCUT2D eigenvalue weighted by Crippen LogP contribution is -2.24. The Bertz CT molecular complexity index is 704. The quantitative estimate of drug-likeness (QED) is 0.652. The lowest BCUT2D eigenvalue weighted by atomic mass is 10.2. The Morgan fingerprint density at radius 1 is 1.36 bits per heavy atom. The maximum absolute atomic E-state index is 13.3. The Labute approximate surface area is 136 Å². The third-order valence-electron chi connectivity index (χ3n) is 2.74. The second-order valence-corrected chi connectivity index (χ2v) is 5.39. The Balaban J connectivity index is 1.84. The first-order valence-corrected chi connectivity index (χ1v) is 7.31. The second-order valence-electron chi connectivity index (χ2n) is 4.54. The number of carbonyl (C=O) groups is 1. The zero-order valence-corrected chi connectivity index (χ0v) is 13.4. The average Bonchev–Trinajstić information content (AvgIpc) is 2.48. The molecule has 0 aliphatic heterocycles. The van der Waals surface area contributed by atoms with Gasteiger partial charge in [-0.2, -0.15) is 5.10 Å².